The molecule has 0 radical (unpaired) electrons. The molecule has 1 aliphatic rings. The lowest BCUT2D eigenvalue weighted by molar-refractivity contribution is -0.116. The van der Waals surface area contributed by atoms with Crippen molar-refractivity contribution in [1.29, 1.82) is 0 Å². The first-order valence-corrected chi connectivity index (χ1v) is 10.5. The molecule has 0 unspecified atom stereocenters. The summed E-state index contributed by atoms with van der Waals surface area (Å²) in [6.45, 7) is 4.72. The van der Waals surface area contributed by atoms with Gasteiger partial charge < -0.3 is 15.4 Å². The Morgan fingerprint density at radius 1 is 1.11 bits per heavy atom. The van der Waals surface area contributed by atoms with Gasteiger partial charge in [0.2, 0.25) is 21.8 Å². The SMILES string of the molecule is CC(=O)Nc1ccc(NC(=O)CN(CCN2CCOCC2)S(C)(=O)=O)cc1. The first-order valence-electron chi connectivity index (χ1n) is 8.67. The summed E-state index contributed by atoms with van der Waals surface area (Å²) < 4.78 is 30.4. The molecule has 1 heterocycles. The van der Waals surface area contributed by atoms with Gasteiger partial charge in [0.15, 0.2) is 0 Å². The Morgan fingerprint density at radius 2 is 1.67 bits per heavy atom. The summed E-state index contributed by atoms with van der Waals surface area (Å²) in [7, 11) is -3.51. The number of amides is 2. The molecule has 1 saturated heterocycles. The summed E-state index contributed by atoms with van der Waals surface area (Å²) in [5, 5.41) is 5.30. The first kappa shape index (κ1) is 21.3. The van der Waals surface area contributed by atoms with Gasteiger partial charge in [0.05, 0.1) is 26.0 Å². The summed E-state index contributed by atoms with van der Waals surface area (Å²) in [5.74, 6) is -0.606. The molecule has 0 atom stereocenters. The number of carbonyl (C=O) groups is 2. The molecule has 0 aromatic heterocycles. The Kier molecular flexibility index (Phi) is 7.72. The minimum atomic E-state index is -3.51. The highest BCUT2D eigenvalue weighted by Gasteiger charge is 2.21. The summed E-state index contributed by atoms with van der Waals surface area (Å²) >= 11 is 0. The summed E-state index contributed by atoms with van der Waals surface area (Å²) in [4.78, 5) is 25.4. The van der Waals surface area contributed by atoms with Crippen molar-refractivity contribution < 1.29 is 22.7 Å². The number of hydrogen-bond acceptors (Lipinski definition) is 6. The number of hydrogen-bond donors (Lipinski definition) is 2. The van der Waals surface area contributed by atoms with Gasteiger partial charge in [-0.3, -0.25) is 14.5 Å². The number of morpholine rings is 1. The highest BCUT2D eigenvalue weighted by atomic mass is 32.2. The average molecular weight is 398 g/mol. The van der Waals surface area contributed by atoms with Crippen LogP contribution in [-0.4, -0.2) is 81.6 Å². The van der Waals surface area contributed by atoms with E-state index in [2.05, 4.69) is 15.5 Å². The van der Waals surface area contributed by atoms with Gasteiger partial charge in [-0.2, -0.15) is 4.31 Å². The Bertz CT molecular complexity index is 745. The third-order valence-corrected chi connectivity index (χ3v) is 5.30. The topological polar surface area (TPSA) is 108 Å². The zero-order valence-corrected chi connectivity index (χ0v) is 16.4. The van der Waals surface area contributed by atoms with Gasteiger partial charge in [0, 0.05) is 44.5 Å². The summed E-state index contributed by atoms with van der Waals surface area (Å²) in [5.41, 5.74) is 1.14. The van der Waals surface area contributed by atoms with Crippen LogP contribution in [0.5, 0.6) is 0 Å². The molecule has 0 saturated carbocycles. The molecule has 1 fully saturated rings. The van der Waals surface area contributed by atoms with E-state index in [9.17, 15) is 18.0 Å². The molecule has 1 aliphatic heterocycles. The highest BCUT2D eigenvalue weighted by Crippen LogP contribution is 2.13. The van der Waals surface area contributed by atoms with E-state index in [1.807, 2.05) is 0 Å². The van der Waals surface area contributed by atoms with Crippen LogP contribution in [0.2, 0.25) is 0 Å². The van der Waals surface area contributed by atoms with Crippen molar-refractivity contribution in [3.05, 3.63) is 24.3 Å². The summed E-state index contributed by atoms with van der Waals surface area (Å²) in [6.07, 6.45) is 1.10. The average Bonchev–Trinajstić information content (AvgIpc) is 2.60. The third-order valence-electron chi connectivity index (χ3n) is 4.05. The molecule has 1 aromatic carbocycles. The predicted molar refractivity (Wildman–Crippen MR) is 103 cm³/mol. The fourth-order valence-corrected chi connectivity index (χ4v) is 3.41. The zero-order valence-electron chi connectivity index (χ0n) is 15.6. The van der Waals surface area contributed by atoms with E-state index in [1.165, 1.54) is 11.2 Å². The van der Waals surface area contributed by atoms with Gasteiger partial charge >= 0.3 is 0 Å². The van der Waals surface area contributed by atoms with E-state index < -0.39 is 15.9 Å². The zero-order chi connectivity index (χ0) is 19.9. The Morgan fingerprint density at radius 3 is 2.19 bits per heavy atom. The molecule has 0 aliphatic carbocycles. The number of anilines is 2. The van der Waals surface area contributed by atoms with Crippen molar-refractivity contribution in [2.45, 2.75) is 6.92 Å². The lowest BCUT2D eigenvalue weighted by atomic mass is 10.2. The van der Waals surface area contributed by atoms with Crippen LogP contribution in [0.4, 0.5) is 11.4 Å². The molecule has 9 nitrogen and oxygen atoms in total. The molecule has 27 heavy (non-hydrogen) atoms. The molecule has 2 amide bonds. The number of rotatable bonds is 8. The molecule has 1 aromatic rings. The minimum Gasteiger partial charge on any atom is -0.379 e. The second kappa shape index (κ2) is 9.79. The second-order valence-electron chi connectivity index (χ2n) is 6.36. The van der Waals surface area contributed by atoms with E-state index in [4.69, 9.17) is 4.74 Å². The summed E-state index contributed by atoms with van der Waals surface area (Å²) in [6, 6.07) is 6.59. The molecule has 150 valence electrons. The maximum atomic E-state index is 12.3. The van der Waals surface area contributed by atoms with Gasteiger partial charge in [0.1, 0.15) is 0 Å². The van der Waals surface area contributed by atoms with Crippen molar-refractivity contribution in [3.8, 4) is 0 Å². The number of benzene rings is 1. The Hall–Kier alpha value is -2.01. The van der Waals surface area contributed by atoms with Crippen molar-refractivity contribution in [2.75, 3.05) is 62.8 Å². The van der Waals surface area contributed by atoms with Gasteiger partial charge in [-0.1, -0.05) is 0 Å². The fourth-order valence-electron chi connectivity index (χ4n) is 2.64. The maximum Gasteiger partial charge on any atom is 0.239 e. The van der Waals surface area contributed by atoms with Crippen LogP contribution < -0.4 is 10.6 Å². The van der Waals surface area contributed by atoms with Crippen molar-refractivity contribution in [3.63, 3.8) is 0 Å². The Labute approximate surface area is 159 Å². The van der Waals surface area contributed by atoms with Gasteiger partial charge in [0.25, 0.3) is 0 Å². The quantitative estimate of drug-likeness (QED) is 0.647. The fraction of sp³-hybridized carbons (Fsp3) is 0.529. The number of sulfonamides is 1. The monoisotopic (exact) mass is 398 g/mol. The standard InChI is InChI=1S/C17H26N4O5S/c1-14(22)18-15-3-5-16(6-4-15)19-17(23)13-21(27(2,24)25)8-7-20-9-11-26-12-10-20/h3-6H,7-13H2,1-2H3,(H,18,22)(H,19,23). The van der Waals surface area contributed by atoms with Gasteiger partial charge in [-0.15, -0.1) is 0 Å². The second-order valence-corrected chi connectivity index (χ2v) is 8.34. The third kappa shape index (κ3) is 7.63. The molecular weight excluding hydrogens is 372 g/mol. The molecule has 2 N–H and O–H groups in total. The smallest absolute Gasteiger partial charge is 0.239 e. The highest BCUT2D eigenvalue weighted by molar-refractivity contribution is 7.88. The van der Waals surface area contributed by atoms with E-state index in [1.54, 1.807) is 24.3 Å². The number of nitrogens with zero attached hydrogens (tertiary/aromatic N) is 2. The number of ether oxygens (including phenoxy) is 1. The van der Waals surface area contributed by atoms with Crippen LogP contribution >= 0.6 is 0 Å². The van der Waals surface area contributed by atoms with Crippen LogP contribution in [0, 0.1) is 0 Å². The van der Waals surface area contributed by atoms with Gasteiger partial charge in [-0.05, 0) is 24.3 Å². The van der Waals surface area contributed by atoms with Crippen LogP contribution in [0.15, 0.2) is 24.3 Å². The molecule has 10 heteroatoms. The van der Waals surface area contributed by atoms with Crippen molar-refractivity contribution in [2.24, 2.45) is 0 Å². The van der Waals surface area contributed by atoms with E-state index in [-0.39, 0.29) is 19.0 Å². The number of nitrogens with one attached hydrogen (secondary N) is 2. The van der Waals surface area contributed by atoms with Crippen LogP contribution in [0.1, 0.15) is 6.92 Å². The molecule has 2 rings (SSSR count). The van der Waals surface area contributed by atoms with Crippen LogP contribution in [0.25, 0.3) is 0 Å². The van der Waals surface area contributed by atoms with Crippen LogP contribution in [0.3, 0.4) is 0 Å². The van der Waals surface area contributed by atoms with Crippen LogP contribution in [-0.2, 0) is 24.3 Å². The largest absolute Gasteiger partial charge is 0.379 e. The predicted octanol–water partition coefficient (Wildman–Crippen LogP) is 0.177. The minimum absolute atomic E-state index is 0.184. The molecular formula is C17H26N4O5S. The van der Waals surface area contributed by atoms with E-state index in [0.29, 0.717) is 31.1 Å². The van der Waals surface area contributed by atoms with E-state index >= 15 is 0 Å². The first-order chi connectivity index (χ1) is 12.7. The normalized spacial score (nSPS) is 15.5. The van der Waals surface area contributed by atoms with E-state index in [0.717, 1.165) is 19.3 Å². The number of carbonyl (C=O) groups excluding carboxylic acids is 2. The van der Waals surface area contributed by atoms with Crippen molar-refractivity contribution >= 4 is 33.2 Å². The van der Waals surface area contributed by atoms with Gasteiger partial charge in [-0.25, -0.2) is 8.42 Å². The maximum absolute atomic E-state index is 12.3. The lowest BCUT2D eigenvalue weighted by Gasteiger charge is -2.29. The Balaban J connectivity index is 1.89. The van der Waals surface area contributed by atoms with Crippen molar-refractivity contribution in [1.82, 2.24) is 9.21 Å². The lowest BCUT2D eigenvalue weighted by Crippen LogP contribution is -2.45. The molecule has 0 bridgehead atoms. The molecule has 0 spiro atoms.